The number of hydrogen-bond acceptors (Lipinski definition) is 4. The number of nitrogens with zero attached hydrogens (tertiary/aromatic N) is 3. The maximum Gasteiger partial charge on any atom is 0.342 e. The molecule has 0 N–H and O–H groups in total. The normalized spacial score (nSPS) is 10.3. The van der Waals surface area contributed by atoms with Crippen molar-refractivity contribution in [2.45, 2.75) is 0 Å². The smallest absolute Gasteiger partial charge is 0.342 e. The van der Waals surface area contributed by atoms with Crippen LogP contribution in [0.4, 0.5) is 0 Å². The molecule has 0 atom stereocenters. The third-order valence-electron chi connectivity index (χ3n) is 4.38. The van der Waals surface area contributed by atoms with Crippen LogP contribution >= 0.6 is 0 Å². The molecule has 1 amide bonds. The van der Waals surface area contributed by atoms with E-state index in [2.05, 4.69) is 18.3 Å². The number of amides is 1. The molecule has 1 heterocycles. The van der Waals surface area contributed by atoms with Crippen molar-refractivity contribution in [3.8, 4) is 16.9 Å². The lowest BCUT2D eigenvalue weighted by Crippen LogP contribution is -2.35. The summed E-state index contributed by atoms with van der Waals surface area (Å²) in [6.07, 6.45) is 4.84. The van der Waals surface area contributed by atoms with Crippen molar-refractivity contribution in [2.75, 3.05) is 19.7 Å². The summed E-state index contributed by atoms with van der Waals surface area (Å²) < 4.78 is 6.95. The Morgan fingerprint density at radius 1 is 0.967 bits per heavy atom. The van der Waals surface area contributed by atoms with Crippen molar-refractivity contribution in [3.63, 3.8) is 0 Å². The van der Waals surface area contributed by atoms with E-state index in [1.165, 1.54) is 4.90 Å². The highest BCUT2D eigenvalue weighted by molar-refractivity contribution is 5.97. The first-order valence-corrected chi connectivity index (χ1v) is 9.51. The minimum Gasteiger partial charge on any atom is -0.452 e. The van der Waals surface area contributed by atoms with Crippen LogP contribution in [0.5, 0.6) is 0 Å². The van der Waals surface area contributed by atoms with Crippen LogP contribution in [0.2, 0.25) is 0 Å². The number of hydrogen-bond donors (Lipinski definition) is 0. The van der Waals surface area contributed by atoms with Crippen molar-refractivity contribution in [1.82, 2.24) is 14.7 Å². The Labute approximate surface area is 175 Å². The van der Waals surface area contributed by atoms with Gasteiger partial charge in [-0.1, -0.05) is 60.7 Å². The average Bonchev–Trinajstić information content (AvgIpc) is 3.24. The lowest BCUT2D eigenvalue weighted by atomic mass is 10.1. The van der Waals surface area contributed by atoms with Crippen LogP contribution in [0.25, 0.3) is 16.9 Å². The fourth-order valence-electron chi connectivity index (χ4n) is 2.93. The van der Waals surface area contributed by atoms with Gasteiger partial charge in [0.05, 0.1) is 5.69 Å². The molecule has 6 heteroatoms. The van der Waals surface area contributed by atoms with E-state index in [-0.39, 0.29) is 18.1 Å². The number of ether oxygens (including phenoxy) is 1. The van der Waals surface area contributed by atoms with Gasteiger partial charge in [0.25, 0.3) is 5.91 Å². The maximum absolute atomic E-state index is 12.8. The van der Waals surface area contributed by atoms with E-state index in [0.29, 0.717) is 18.8 Å². The minimum atomic E-state index is -0.610. The van der Waals surface area contributed by atoms with Gasteiger partial charge in [0.15, 0.2) is 6.61 Å². The lowest BCUT2D eigenvalue weighted by Gasteiger charge is -2.18. The monoisotopic (exact) mass is 401 g/mol. The van der Waals surface area contributed by atoms with E-state index < -0.39 is 5.97 Å². The molecule has 2 aromatic carbocycles. The van der Waals surface area contributed by atoms with Gasteiger partial charge in [-0.15, -0.1) is 13.2 Å². The predicted octanol–water partition coefficient (Wildman–Crippen LogP) is 3.90. The first-order chi connectivity index (χ1) is 14.6. The zero-order chi connectivity index (χ0) is 21.3. The molecule has 3 rings (SSSR count). The summed E-state index contributed by atoms with van der Waals surface area (Å²) in [5.41, 5.74) is 2.38. The average molecular weight is 401 g/mol. The summed E-state index contributed by atoms with van der Waals surface area (Å²) >= 11 is 0. The predicted molar refractivity (Wildman–Crippen MR) is 116 cm³/mol. The molecule has 0 spiro atoms. The highest BCUT2D eigenvalue weighted by Gasteiger charge is 2.21. The molecule has 0 unspecified atom stereocenters. The molecular weight excluding hydrogens is 378 g/mol. The van der Waals surface area contributed by atoms with Gasteiger partial charge in [-0.25, -0.2) is 9.48 Å². The molecule has 6 nitrogen and oxygen atoms in total. The number of carbonyl (C=O) groups excluding carboxylic acids is 2. The van der Waals surface area contributed by atoms with Crippen LogP contribution < -0.4 is 0 Å². The quantitative estimate of drug-likeness (QED) is 0.403. The van der Waals surface area contributed by atoms with Crippen molar-refractivity contribution in [3.05, 3.63) is 97.7 Å². The molecule has 30 heavy (non-hydrogen) atoms. The topological polar surface area (TPSA) is 64.4 Å². The molecule has 152 valence electrons. The van der Waals surface area contributed by atoms with E-state index in [1.807, 2.05) is 60.7 Å². The summed E-state index contributed by atoms with van der Waals surface area (Å²) in [6.45, 7) is 7.61. The number of aromatic nitrogens is 2. The maximum atomic E-state index is 12.8. The van der Waals surface area contributed by atoms with Gasteiger partial charge in [-0.05, 0) is 12.1 Å². The van der Waals surface area contributed by atoms with E-state index in [4.69, 9.17) is 4.74 Å². The van der Waals surface area contributed by atoms with Crippen LogP contribution in [0, 0.1) is 0 Å². The first kappa shape index (κ1) is 20.8. The van der Waals surface area contributed by atoms with Gasteiger partial charge >= 0.3 is 5.97 Å². The zero-order valence-electron chi connectivity index (χ0n) is 16.6. The van der Waals surface area contributed by atoms with Crippen molar-refractivity contribution in [1.29, 1.82) is 0 Å². The summed E-state index contributed by atoms with van der Waals surface area (Å²) in [7, 11) is 0. The van der Waals surface area contributed by atoms with Crippen molar-refractivity contribution >= 4 is 11.9 Å². The van der Waals surface area contributed by atoms with Gasteiger partial charge in [-0.3, -0.25) is 4.79 Å². The Balaban J connectivity index is 1.85. The Kier molecular flexibility index (Phi) is 6.95. The largest absolute Gasteiger partial charge is 0.452 e. The second-order valence-electron chi connectivity index (χ2n) is 6.49. The van der Waals surface area contributed by atoms with Crippen molar-refractivity contribution in [2.24, 2.45) is 0 Å². The van der Waals surface area contributed by atoms with Crippen LogP contribution in [0.1, 0.15) is 10.4 Å². The van der Waals surface area contributed by atoms with Gasteiger partial charge in [0, 0.05) is 24.8 Å². The van der Waals surface area contributed by atoms with Crippen molar-refractivity contribution < 1.29 is 14.3 Å². The molecule has 0 saturated carbocycles. The van der Waals surface area contributed by atoms with Gasteiger partial charge in [0.1, 0.15) is 11.3 Å². The number of benzene rings is 2. The molecule has 0 aliphatic carbocycles. The molecule has 3 aromatic rings. The minimum absolute atomic E-state index is 0.289. The van der Waals surface area contributed by atoms with Crippen LogP contribution in [-0.4, -0.2) is 46.3 Å². The third kappa shape index (κ3) is 4.91. The highest BCUT2D eigenvalue weighted by Crippen LogP contribution is 2.24. The van der Waals surface area contributed by atoms with E-state index in [1.54, 1.807) is 23.0 Å². The molecule has 0 fully saturated rings. The standard InChI is InChI=1S/C24H23N3O3/c1-3-15-26(16-4-2)22(28)18-30-24(29)21-17-27(20-13-9-6-10-14-20)25-23(21)19-11-7-5-8-12-19/h3-14,17H,1-2,15-16,18H2. The van der Waals surface area contributed by atoms with Crippen LogP contribution in [-0.2, 0) is 9.53 Å². The summed E-state index contributed by atoms with van der Waals surface area (Å²) in [6, 6.07) is 18.9. The molecule has 0 bridgehead atoms. The number of para-hydroxylation sites is 1. The second kappa shape index (κ2) is 10.0. The highest BCUT2D eigenvalue weighted by atomic mass is 16.5. The van der Waals surface area contributed by atoms with E-state index in [9.17, 15) is 9.59 Å². The third-order valence-corrected chi connectivity index (χ3v) is 4.38. The second-order valence-corrected chi connectivity index (χ2v) is 6.49. The molecule has 0 aliphatic heterocycles. The first-order valence-electron chi connectivity index (χ1n) is 9.51. The molecule has 1 aromatic heterocycles. The lowest BCUT2D eigenvalue weighted by molar-refractivity contribution is -0.133. The number of rotatable bonds is 9. The van der Waals surface area contributed by atoms with Gasteiger partial charge in [0.2, 0.25) is 0 Å². The fraction of sp³-hybridized carbons (Fsp3) is 0.125. The fourth-order valence-corrected chi connectivity index (χ4v) is 2.93. The van der Waals surface area contributed by atoms with Crippen LogP contribution in [0.15, 0.2) is 92.2 Å². The molecule has 0 radical (unpaired) electrons. The van der Waals surface area contributed by atoms with Gasteiger partial charge in [-0.2, -0.15) is 5.10 Å². The Morgan fingerprint density at radius 2 is 1.57 bits per heavy atom. The molecular formula is C24H23N3O3. The summed E-state index contributed by atoms with van der Waals surface area (Å²) in [5, 5.41) is 4.59. The molecule has 0 saturated heterocycles. The van der Waals surface area contributed by atoms with Crippen LogP contribution in [0.3, 0.4) is 0 Å². The van der Waals surface area contributed by atoms with Gasteiger partial charge < -0.3 is 9.64 Å². The summed E-state index contributed by atoms with van der Waals surface area (Å²) in [5.74, 6) is -0.929. The summed E-state index contributed by atoms with van der Waals surface area (Å²) in [4.78, 5) is 26.7. The number of esters is 1. The van der Waals surface area contributed by atoms with E-state index in [0.717, 1.165) is 11.3 Å². The number of carbonyl (C=O) groups is 2. The Hall–Kier alpha value is -3.93. The molecule has 0 aliphatic rings. The Bertz CT molecular complexity index is 1020. The zero-order valence-corrected chi connectivity index (χ0v) is 16.6. The Morgan fingerprint density at radius 3 is 2.17 bits per heavy atom. The SMILES string of the molecule is C=CCN(CC=C)C(=O)COC(=O)c1cn(-c2ccccc2)nc1-c1ccccc1. The van der Waals surface area contributed by atoms with E-state index >= 15 is 0 Å².